The highest BCUT2D eigenvalue weighted by Crippen LogP contribution is 2.42. The summed E-state index contributed by atoms with van der Waals surface area (Å²) in [5.74, 6) is -2.08. The number of carbonyl (C=O) groups is 5. The third kappa shape index (κ3) is 13.3. The summed E-state index contributed by atoms with van der Waals surface area (Å²) in [5.41, 5.74) is 20.2. The maximum atomic E-state index is 15.5. The number of Topliss-reactive ketones (excluding diaryl/α,β-unsaturated/α-hetero) is 2. The third-order valence-electron chi connectivity index (χ3n) is 14.9. The first-order valence-electron chi connectivity index (χ1n) is 24.9. The van der Waals surface area contributed by atoms with Gasteiger partial charge in [-0.25, -0.2) is 0 Å². The maximum absolute atomic E-state index is 15.5. The molecule has 3 unspecified atom stereocenters. The fourth-order valence-electron chi connectivity index (χ4n) is 11.1. The summed E-state index contributed by atoms with van der Waals surface area (Å²) < 4.78 is 0. The number of carbonyl (C=O) groups excluding carboxylic acids is 5. The quantitative estimate of drug-likeness (QED) is 0.0597. The standard InChI is InChI=1S/C53H77N7O5/c1-57-45(35-39-23-10-4-11-24-39)51(64)58-44(27-15-17-31-54)52(65)60-32-18-28-46(60)49(62)41(48(61)42(55)33-37-19-6-2-7-20-37)36-53(40-25-12-5-13-26-40)30-16-14-29-47(53)59-50(63)43(56)34-38-21-8-3-9-22-38/h4-5,10-14,16,23-26,29-30,37-38,41-47,57H,2-3,6-9,15,17-22,27-28,31-36,54-56H2,1H3,(H,58,64)(H,59,63)/t41?,42-,43+,44+,45+,46+,47?,53?/m1/s1. The Balaban J connectivity index is 1.30. The van der Waals surface area contributed by atoms with E-state index in [0.717, 1.165) is 62.5 Å². The number of hydrogen-bond donors (Lipinski definition) is 6. The van der Waals surface area contributed by atoms with E-state index in [1.54, 1.807) is 11.9 Å². The summed E-state index contributed by atoms with van der Waals surface area (Å²) in [6.45, 7) is 0.759. The molecule has 3 fully saturated rings. The summed E-state index contributed by atoms with van der Waals surface area (Å²) in [4.78, 5) is 75.0. The molecule has 2 aromatic carbocycles. The number of nitrogens with one attached hydrogen (secondary N) is 3. The van der Waals surface area contributed by atoms with Crippen LogP contribution in [-0.2, 0) is 35.8 Å². The molecular formula is C53H77N7O5. The van der Waals surface area contributed by atoms with Crippen molar-refractivity contribution in [1.82, 2.24) is 20.9 Å². The van der Waals surface area contributed by atoms with Crippen LogP contribution in [0, 0.1) is 17.8 Å². The average Bonchev–Trinajstić information content (AvgIpc) is 3.83. The van der Waals surface area contributed by atoms with Gasteiger partial charge < -0.3 is 38.1 Å². The number of hydrogen-bond acceptors (Lipinski definition) is 9. The fourth-order valence-corrected chi connectivity index (χ4v) is 11.1. The molecule has 2 aromatic rings. The topological polar surface area (TPSA) is 203 Å². The number of likely N-dealkylation sites (N-methyl/N-ethyl adjacent to an activating group) is 1. The fraction of sp³-hybridized carbons (Fsp3) is 0.604. The van der Waals surface area contributed by atoms with Gasteiger partial charge in [0.1, 0.15) is 6.04 Å². The molecule has 12 heteroatoms. The van der Waals surface area contributed by atoms with Crippen molar-refractivity contribution in [3.63, 3.8) is 0 Å². The van der Waals surface area contributed by atoms with E-state index in [0.29, 0.717) is 76.3 Å². The van der Waals surface area contributed by atoms with E-state index in [1.807, 2.05) is 85.0 Å². The van der Waals surface area contributed by atoms with E-state index in [-0.39, 0.29) is 35.7 Å². The molecule has 6 rings (SSSR count). The van der Waals surface area contributed by atoms with Crippen molar-refractivity contribution < 1.29 is 24.0 Å². The molecule has 9 N–H and O–H groups in total. The van der Waals surface area contributed by atoms with Crippen molar-refractivity contribution in [3.8, 4) is 0 Å². The van der Waals surface area contributed by atoms with Gasteiger partial charge in [-0.15, -0.1) is 0 Å². The Labute approximate surface area is 387 Å². The van der Waals surface area contributed by atoms with Crippen LogP contribution in [0.5, 0.6) is 0 Å². The third-order valence-corrected chi connectivity index (χ3v) is 14.9. The van der Waals surface area contributed by atoms with Crippen molar-refractivity contribution in [2.45, 2.75) is 164 Å². The lowest BCUT2D eigenvalue weighted by atomic mass is 9.64. The van der Waals surface area contributed by atoms with E-state index < -0.39 is 47.6 Å². The summed E-state index contributed by atoms with van der Waals surface area (Å²) in [5, 5.41) is 9.45. The van der Waals surface area contributed by atoms with Crippen molar-refractivity contribution in [3.05, 3.63) is 96.1 Å². The minimum Gasteiger partial charge on any atom is -0.347 e. The summed E-state index contributed by atoms with van der Waals surface area (Å²) in [6.07, 6.45) is 22.9. The molecule has 0 aromatic heterocycles. The normalized spacial score (nSPS) is 23.8. The number of nitrogens with two attached hydrogens (primary N) is 3. The van der Waals surface area contributed by atoms with E-state index in [1.165, 1.54) is 12.8 Å². The zero-order valence-electron chi connectivity index (χ0n) is 38.8. The van der Waals surface area contributed by atoms with Crippen LogP contribution in [0.15, 0.2) is 85.0 Å². The number of ketones is 2. The molecule has 1 saturated heterocycles. The smallest absolute Gasteiger partial charge is 0.245 e. The predicted molar refractivity (Wildman–Crippen MR) is 257 cm³/mol. The molecule has 65 heavy (non-hydrogen) atoms. The van der Waals surface area contributed by atoms with Gasteiger partial charge in [-0.2, -0.15) is 0 Å². The van der Waals surface area contributed by atoms with Crippen LogP contribution < -0.4 is 33.2 Å². The lowest BCUT2D eigenvalue weighted by molar-refractivity contribution is -0.145. The monoisotopic (exact) mass is 892 g/mol. The number of amides is 3. The first kappa shape index (κ1) is 49.9. The largest absolute Gasteiger partial charge is 0.347 e. The van der Waals surface area contributed by atoms with E-state index in [4.69, 9.17) is 17.2 Å². The Kier molecular flexibility index (Phi) is 19.1. The molecule has 1 aliphatic heterocycles. The molecule has 3 aliphatic carbocycles. The molecule has 3 amide bonds. The Bertz CT molecular complexity index is 1910. The van der Waals surface area contributed by atoms with Crippen LogP contribution in [0.4, 0.5) is 0 Å². The molecule has 0 spiro atoms. The van der Waals surface area contributed by atoms with Crippen molar-refractivity contribution in [2.75, 3.05) is 20.1 Å². The van der Waals surface area contributed by atoms with Crippen molar-refractivity contribution in [1.29, 1.82) is 0 Å². The van der Waals surface area contributed by atoms with Gasteiger partial charge in [-0.05, 0) is 94.3 Å². The van der Waals surface area contributed by atoms with Crippen LogP contribution in [0.3, 0.4) is 0 Å². The van der Waals surface area contributed by atoms with E-state index in [2.05, 4.69) is 16.0 Å². The van der Waals surface area contributed by atoms with Gasteiger partial charge >= 0.3 is 0 Å². The SMILES string of the molecule is CN[C@@H](Cc1ccccc1)C(=O)N[C@@H](CCCCN)C(=O)N1CCC[C@H]1C(=O)C(CC1(c2ccccc2)C=CC=CC1NC(=O)[C@@H](N)CC1CCCCC1)C(=O)[C@H](N)CC1CCCCC1. The lowest BCUT2D eigenvalue weighted by Crippen LogP contribution is -2.58. The number of likely N-dealkylation sites (tertiary alicyclic amines) is 1. The van der Waals surface area contributed by atoms with Crippen LogP contribution >= 0.6 is 0 Å². The number of allylic oxidation sites excluding steroid dienone is 2. The van der Waals surface area contributed by atoms with Gasteiger partial charge in [0.05, 0.1) is 36.1 Å². The van der Waals surface area contributed by atoms with Gasteiger partial charge in [-0.3, -0.25) is 24.0 Å². The highest BCUT2D eigenvalue weighted by molar-refractivity contribution is 6.08. The Morgan fingerprint density at radius 2 is 1.37 bits per heavy atom. The Morgan fingerprint density at radius 3 is 2.00 bits per heavy atom. The summed E-state index contributed by atoms with van der Waals surface area (Å²) in [7, 11) is 1.73. The summed E-state index contributed by atoms with van der Waals surface area (Å²) in [6, 6.07) is 14.9. The molecule has 0 radical (unpaired) electrons. The van der Waals surface area contributed by atoms with Crippen LogP contribution in [0.25, 0.3) is 0 Å². The zero-order chi connectivity index (χ0) is 46.2. The number of nitrogens with zero attached hydrogens (tertiary/aromatic N) is 1. The van der Waals surface area contributed by atoms with Crippen molar-refractivity contribution >= 4 is 29.3 Å². The van der Waals surface area contributed by atoms with Gasteiger partial charge in [0.15, 0.2) is 11.6 Å². The molecule has 2 saturated carbocycles. The first-order valence-corrected chi connectivity index (χ1v) is 24.9. The first-order chi connectivity index (χ1) is 31.5. The molecule has 8 atom stereocenters. The van der Waals surface area contributed by atoms with Gasteiger partial charge in [0, 0.05) is 12.0 Å². The molecule has 1 heterocycles. The Morgan fingerprint density at radius 1 is 0.738 bits per heavy atom. The molecule has 0 bridgehead atoms. The number of unbranched alkanes of at least 4 members (excludes halogenated alkanes) is 1. The highest BCUT2D eigenvalue weighted by Gasteiger charge is 2.49. The molecular weight excluding hydrogens is 815 g/mol. The second kappa shape index (κ2) is 24.9. The minimum atomic E-state index is -1.19. The molecule has 4 aliphatic rings. The Hall–Kier alpha value is -4.49. The second-order valence-electron chi connectivity index (χ2n) is 19.5. The number of rotatable bonds is 23. The van der Waals surface area contributed by atoms with Crippen LogP contribution in [0.1, 0.15) is 127 Å². The average molecular weight is 892 g/mol. The number of benzene rings is 2. The minimum absolute atomic E-state index is 0.0369. The molecule has 354 valence electrons. The maximum Gasteiger partial charge on any atom is 0.245 e. The molecule has 12 nitrogen and oxygen atoms in total. The van der Waals surface area contributed by atoms with Crippen LogP contribution in [0.2, 0.25) is 0 Å². The second-order valence-corrected chi connectivity index (χ2v) is 19.5. The van der Waals surface area contributed by atoms with E-state index >= 15 is 9.59 Å². The van der Waals surface area contributed by atoms with Gasteiger partial charge in [-0.1, -0.05) is 149 Å². The lowest BCUT2D eigenvalue weighted by Gasteiger charge is -2.43. The van der Waals surface area contributed by atoms with Crippen LogP contribution in [-0.4, -0.2) is 90.6 Å². The highest BCUT2D eigenvalue weighted by atomic mass is 16.2. The van der Waals surface area contributed by atoms with Gasteiger partial charge in [0.2, 0.25) is 17.7 Å². The van der Waals surface area contributed by atoms with Crippen molar-refractivity contribution in [2.24, 2.45) is 35.0 Å². The zero-order valence-corrected chi connectivity index (χ0v) is 38.8. The van der Waals surface area contributed by atoms with E-state index in [9.17, 15) is 14.4 Å². The summed E-state index contributed by atoms with van der Waals surface area (Å²) >= 11 is 0. The van der Waals surface area contributed by atoms with Gasteiger partial charge in [0.25, 0.3) is 0 Å². The predicted octanol–water partition coefficient (Wildman–Crippen LogP) is 5.71.